The molecule has 1 amide bonds. The molecule has 2 heterocycles. The Morgan fingerprint density at radius 1 is 1.24 bits per heavy atom. The van der Waals surface area contributed by atoms with Crippen molar-refractivity contribution < 1.29 is 13.7 Å². The van der Waals surface area contributed by atoms with E-state index in [1.807, 2.05) is 62.3 Å². The average molecular weight is 482 g/mol. The molecule has 0 spiro atoms. The van der Waals surface area contributed by atoms with Crippen molar-refractivity contribution in [2.45, 2.75) is 30.8 Å². The van der Waals surface area contributed by atoms with E-state index in [0.717, 1.165) is 33.7 Å². The molecular weight excluding hydrogens is 450 g/mol. The standard InChI is InChI=1S/C25H31N5O3S/c1-16-21(15-27-29-16)17-6-8-22(24(13-17)34(32)10-9-30(2)3)28-25(31)23-12-19-11-20(33-4)7-5-18(19)14-26-23/h5-8,11,13,15,23,26H,9-10,12,14H2,1-4H3,(H,27,29)(H,28,31). The highest BCUT2D eigenvalue weighted by Gasteiger charge is 2.26. The van der Waals surface area contributed by atoms with Gasteiger partial charge in [0.15, 0.2) is 0 Å². The summed E-state index contributed by atoms with van der Waals surface area (Å²) in [5.41, 5.74) is 5.62. The van der Waals surface area contributed by atoms with Crippen molar-refractivity contribution >= 4 is 22.4 Å². The summed E-state index contributed by atoms with van der Waals surface area (Å²) in [6, 6.07) is 11.2. The van der Waals surface area contributed by atoms with Gasteiger partial charge >= 0.3 is 0 Å². The maximum Gasteiger partial charge on any atom is 0.241 e. The first-order valence-corrected chi connectivity index (χ1v) is 12.5. The number of hydrogen-bond acceptors (Lipinski definition) is 6. The minimum absolute atomic E-state index is 0.147. The molecule has 2 unspecified atom stereocenters. The predicted octanol–water partition coefficient (Wildman–Crippen LogP) is 2.72. The van der Waals surface area contributed by atoms with Crippen molar-refractivity contribution in [1.82, 2.24) is 20.4 Å². The number of anilines is 1. The van der Waals surface area contributed by atoms with Gasteiger partial charge in [-0.25, -0.2) is 0 Å². The molecule has 9 heteroatoms. The SMILES string of the molecule is COc1ccc2c(c1)CC(C(=O)Nc1ccc(-c3cn[nH]c3C)cc1S(=O)CCN(C)C)NC2. The lowest BCUT2D eigenvalue weighted by molar-refractivity contribution is -0.118. The molecule has 4 rings (SSSR count). The van der Waals surface area contributed by atoms with E-state index < -0.39 is 16.8 Å². The molecule has 2 atom stereocenters. The maximum absolute atomic E-state index is 13.2. The average Bonchev–Trinajstić information content (AvgIpc) is 3.27. The van der Waals surface area contributed by atoms with Gasteiger partial charge in [0.1, 0.15) is 5.75 Å². The molecule has 0 radical (unpaired) electrons. The van der Waals surface area contributed by atoms with Crippen LogP contribution in [0.3, 0.4) is 0 Å². The summed E-state index contributed by atoms with van der Waals surface area (Å²) >= 11 is 0. The van der Waals surface area contributed by atoms with Crippen molar-refractivity contribution in [3.8, 4) is 16.9 Å². The van der Waals surface area contributed by atoms with E-state index in [1.54, 1.807) is 13.3 Å². The van der Waals surface area contributed by atoms with E-state index in [4.69, 9.17) is 4.74 Å². The summed E-state index contributed by atoms with van der Waals surface area (Å²) in [6.07, 6.45) is 2.32. The van der Waals surface area contributed by atoms with Gasteiger partial charge in [-0.05, 0) is 68.4 Å². The molecule has 3 aromatic rings. The zero-order chi connectivity index (χ0) is 24.2. The molecule has 1 aliphatic heterocycles. The van der Waals surface area contributed by atoms with Crippen LogP contribution in [0, 0.1) is 6.92 Å². The normalized spacial score (nSPS) is 16.2. The summed E-state index contributed by atoms with van der Waals surface area (Å²) in [7, 11) is 4.26. The number of amides is 1. The molecular formula is C25H31N5O3S. The third-order valence-corrected chi connectivity index (χ3v) is 7.42. The Balaban J connectivity index is 1.58. The lowest BCUT2D eigenvalue weighted by Gasteiger charge is -2.26. The van der Waals surface area contributed by atoms with Gasteiger partial charge in [-0.1, -0.05) is 12.1 Å². The molecule has 1 aliphatic rings. The molecule has 34 heavy (non-hydrogen) atoms. The molecule has 0 bridgehead atoms. The van der Waals surface area contributed by atoms with Crippen molar-refractivity contribution in [2.24, 2.45) is 0 Å². The topological polar surface area (TPSA) is 99.3 Å². The van der Waals surface area contributed by atoms with Crippen LogP contribution in [-0.4, -0.2) is 64.8 Å². The Hall–Kier alpha value is -3.01. The number of carbonyl (C=O) groups excluding carboxylic acids is 1. The molecule has 1 aromatic heterocycles. The molecule has 0 aliphatic carbocycles. The van der Waals surface area contributed by atoms with Crippen molar-refractivity contribution in [1.29, 1.82) is 0 Å². The third kappa shape index (κ3) is 5.38. The molecule has 2 aromatic carbocycles. The lowest BCUT2D eigenvalue weighted by Crippen LogP contribution is -2.44. The number of H-pyrrole nitrogens is 1. The molecule has 8 nitrogen and oxygen atoms in total. The summed E-state index contributed by atoms with van der Waals surface area (Å²) in [5.74, 6) is 1.11. The van der Waals surface area contributed by atoms with Gasteiger partial charge in [0, 0.05) is 30.1 Å². The maximum atomic E-state index is 13.2. The second-order valence-corrected chi connectivity index (χ2v) is 10.3. The number of aryl methyl sites for hydroxylation is 1. The molecule has 180 valence electrons. The number of aromatic nitrogens is 2. The van der Waals surface area contributed by atoms with E-state index in [-0.39, 0.29) is 5.91 Å². The number of ether oxygens (including phenoxy) is 1. The van der Waals surface area contributed by atoms with E-state index in [1.165, 1.54) is 0 Å². The van der Waals surface area contributed by atoms with Gasteiger partial charge in [0.05, 0.1) is 40.7 Å². The number of benzene rings is 2. The highest BCUT2D eigenvalue weighted by molar-refractivity contribution is 7.85. The van der Waals surface area contributed by atoms with Crippen molar-refractivity contribution in [3.63, 3.8) is 0 Å². The molecule has 0 saturated heterocycles. The van der Waals surface area contributed by atoms with Crippen LogP contribution in [0.2, 0.25) is 0 Å². The van der Waals surface area contributed by atoms with Crippen LogP contribution in [0.4, 0.5) is 5.69 Å². The highest BCUT2D eigenvalue weighted by atomic mass is 32.2. The lowest BCUT2D eigenvalue weighted by atomic mass is 9.95. The van der Waals surface area contributed by atoms with E-state index in [2.05, 4.69) is 20.8 Å². The minimum atomic E-state index is -1.28. The van der Waals surface area contributed by atoms with Crippen molar-refractivity contribution in [2.75, 3.05) is 38.8 Å². The van der Waals surface area contributed by atoms with Crippen molar-refractivity contribution in [3.05, 3.63) is 59.4 Å². The zero-order valence-electron chi connectivity index (χ0n) is 20.0. The first-order valence-electron chi connectivity index (χ1n) is 11.2. The first-order chi connectivity index (χ1) is 16.4. The number of aromatic amines is 1. The van der Waals surface area contributed by atoms with Crippen LogP contribution in [0.15, 0.2) is 47.5 Å². The Labute approximate surface area is 202 Å². The Kier molecular flexibility index (Phi) is 7.45. The number of rotatable bonds is 8. The van der Waals surface area contributed by atoms with Gasteiger partial charge in [-0.15, -0.1) is 0 Å². The van der Waals surface area contributed by atoms with E-state index >= 15 is 0 Å². The van der Waals surface area contributed by atoms with Crippen LogP contribution < -0.4 is 15.4 Å². The van der Waals surface area contributed by atoms with Gasteiger partial charge < -0.3 is 20.3 Å². The van der Waals surface area contributed by atoms with E-state index in [0.29, 0.717) is 35.8 Å². The fourth-order valence-electron chi connectivity index (χ4n) is 4.02. The zero-order valence-corrected chi connectivity index (χ0v) is 20.8. The summed E-state index contributed by atoms with van der Waals surface area (Å²) < 4.78 is 18.6. The third-order valence-electron chi connectivity index (χ3n) is 6.04. The second kappa shape index (κ2) is 10.5. The highest BCUT2D eigenvalue weighted by Crippen LogP contribution is 2.30. The van der Waals surface area contributed by atoms with Gasteiger partial charge in [-0.3, -0.25) is 14.1 Å². The van der Waals surface area contributed by atoms with Gasteiger partial charge in [0.2, 0.25) is 5.91 Å². The number of methoxy groups -OCH3 is 1. The smallest absolute Gasteiger partial charge is 0.241 e. The summed E-state index contributed by atoms with van der Waals surface area (Å²) in [6.45, 7) is 3.23. The largest absolute Gasteiger partial charge is 0.497 e. The molecule has 3 N–H and O–H groups in total. The van der Waals surface area contributed by atoms with Crippen LogP contribution in [-0.2, 0) is 28.6 Å². The monoisotopic (exact) mass is 481 g/mol. The second-order valence-electron chi connectivity index (χ2n) is 8.73. The number of carbonyl (C=O) groups is 1. The Morgan fingerprint density at radius 2 is 2.06 bits per heavy atom. The first kappa shape index (κ1) is 24.1. The summed E-state index contributed by atoms with van der Waals surface area (Å²) in [5, 5.41) is 13.4. The van der Waals surface area contributed by atoms with Crippen LogP contribution in [0.25, 0.3) is 11.1 Å². The number of nitrogens with zero attached hydrogens (tertiary/aromatic N) is 2. The fraction of sp³-hybridized carbons (Fsp3) is 0.360. The Morgan fingerprint density at radius 3 is 2.76 bits per heavy atom. The number of nitrogens with one attached hydrogen (secondary N) is 3. The fourth-order valence-corrected chi connectivity index (χ4v) is 5.39. The minimum Gasteiger partial charge on any atom is -0.497 e. The summed E-state index contributed by atoms with van der Waals surface area (Å²) in [4.78, 5) is 15.8. The van der Waals surface area contributed by atoms with Crippen LogP contribution >= 0.6 is 0 Å². The van der Waals surface area contributed by atoms with E-state index in [9.17, 15) is 9.00 Å². The molecule has 0 saturated carbocycles. The van der Waals surface area contributed by atoms with Gasteiger partial charge in [-0.2, -0.15) is 5.10 Å². The van der Waals surface area contributed by atoms with Gasteiger partial charge in [0.25, 0.3) is 0 Å². The van der Waals surface area contributed by atoms with Crippen LogP contribution in [0.1, 0.15) is 16.8 Å². The number of fused-ring (bicyclic) bond motifs is 1. The number of hydrogen-bond donors (Lipinski definition) is 3. The quantitative estimate of drug-likeness (QED) is 0.458. The predicted molar refractivity (Wildman–Crippen MR) is 135 cm³/mol. The van der Waals surface area contributed by atoms with Crippen LogP contribution in [0.5, 0.6) is 5.75 Å². The Bertz CT molecular complexity index is 1210. The molecule has 0 fully saturated rings.